The second kappa shape index (κ2) is 5.02. The molecule has 0 aliphatic rings. The van der Waals surface area contributed by atoms with Gasteiger partial charge in [-0.05, 0) is 6.07 Å². The van der Waals surface area contributed by atoms with Gasteiger partial charge in [0.1, 0.15) is 0 Å². The smallest absolute Gasteiger partial charge is 0.344 e. The fourth-order valence-electron chi connectivity index (χ4n) is 1.10. The summed E-state index contributed by atoms with van der Waals surface area (Å²) < 4.78 is 9.10. The molecule has 0 saturated carbocycles. The Morgan fingerprint density at radius 1 is 1.47 bits per heavy atom. The molecule has 0 amide bonds. The first-order chi connectivity index (χ1) is 7.79. The second-order valence-electron chi connectivity index (χ2n) is 2.92. The number of nitrogens with one attached hydrogen (secondary N) is 1. The van der Waals surface area contributed by atoms with Gasteiger partial charge in [0, 0.05) is 6.07 Å². The first kappa shape index (κ1) is 13.3. The molecule has 0 radical (unpaired) electrons. The highest BCUT2D eigenvalue weighted by molar-refractivity contribution is 7.49. The Labute approximate surface area is 94.6 Å². The lowest BCUT2D eigenvalue weighted by atomic mass is 10.3. The molecule has 0 fully saturated rings. The molecule has 0 atom stereocenters. The average Bonchev–Trinajstić information content (AvgIpc) is 2.61. The zero-order valence-corrected chi connectivity index (χ0v) is 9.24. The minimum Gasteiger partial charge on any atom is -0.344 e. The predicted octanol–water partition coefficient (Wildman–Crippen LogP) is 0.509. The van der Waals surface area contributed by atoms with Crippen LogP contribution in [0.1, 0.15) is 0 Å². The summed E-state index contributed by atoms with van der Waals surface area (Å²) in [6, 6.07) is 4.80. The van der Waals surface area contributed by atoms with Gasteiger partial charge in [0.05, 0.1) is 16.8 Å². The van der Waals surface area contributed by atoms with E-state index < -0.39 is 12.7 Å². The molecule has 0 saturated heterocycles. The molecular weight excluding hydrogens is 251 g/mol. The van der Waals surface area contributed by atoms with Crippen molar-refractivity contribution in [3.63, 3.8) is 0 Å². The quantitative estimate of drug-likeness (QED) is 0.330. The maximum absolute atomic E-state index is 10.5. The summed E-state index contributed by atoms with van der Waals surface area (Å²) in [5, 5.41) is 10.5. The highest BCUT2D eigenvalue weighted by atomic mass is 31.2. The second-order valence-corrected chi connectivity index (χ2v) is 4.10. The van der Waals surface area contributed by atoms with Gasteiger partial charge >= 0.3 is 7.75 Å². The number of hydrogen-bond acceptors (Lipinski definition) is 4. The van der Waals surface area contributed by atoms with Crippen LogP contribution in [0.3, 0.4) is 0 Å². The first-order valence-corrected chi connectivity index (χ1v) is 5.88. The average molecular weight is 260 g/mol. The molecule has 10 heteroatoms. The standard InChI is InChI=1S/C7H5N3O2.H4NO3P/c11-10(12)6-3-1-2-5-7(6)9-4-8-5;1-5(2,3)4/h1-4H,(H,8,9);(H4,1,2,3,4). The van der Waals surface area contributed by atoms with E-state index in [1.807, 2.05) is 0 Å². The van der Waals surface area contributed by atoms with Gasteiger partial charge in [0.2, 0.25) is 0 Å². The number of benzene rings is 1. The number of hydrogen-bond donors (Lipinski definition) is 4. The summed E-state index contributed by atoms with van der Waals surface area (Å²) in [7, 11) is -4.14. The topological polar surface area (TPSA) is 155 Å². The van der Waals surface area contributed by atoms with E-state index in [2.05, 4.69) is 15.5 Å². The molecule has 17 heavy (non-hydrogen) atoms. The normalized spacial score (nSPS) is 10.8. The Hall–Kier alpha value is -1.80. The number of fused-ring (bicyclic) bond motifs is 1. The van der Waals surface area contributed by atoms with Crippen molar-refractivity contribution >= 4 is 24.5 Å². The van der Waals surface area contributed by atoms with Crippen molar-refractivity contribution in [2.24, 2.45) is 5.50 Å². The fraction of sp³-hybridized carbons (Fsp3) is 0. The Bertz CT molecular complexity index is 568. The van der Waals surface area contributed by atoms with Crippen molar-refractivity contribution in [1.29, 1.82) is 0 Å². The molecule has 0 aliphatic carbocycles. The summed E-state index contributed by atoms with van der Waals surface area (Å²) in [4.78, 5) is 31.5. The molecule has 92 valence electrons. The third-order valence-electron chi connectivity index (χ3n) is 1.63. The summed E-state index contributed by atoms with van der Waals surface area (Å²) in [6.45, 7) is 0. The van der Waals surface area contributed by atoms with Crippen LogP contribution in [0.25, 0.3) is 11.0 Å². The van der Waals surface area contributed by atoms with Crippen molar-refractivity contribution in [2.75, 3.05) is 0 Å². The van der Waals surface area contributed by atoms with Gasteiger partial charge in [-0.3, -0.25) is 10.1 Å². The molecule has 1 aromatic heterocycles. The molecule has 0 bridgehead atoms. The van der Waals surface area contributed by atoms with E-state index in [4.69, 9.17) is 14.4 Å². The van der Waals surface area contributed by atoms with Gasteiger partial charge in [-0.2, -0.15) is 0 Å². The van der Waals surface area contributed by atoms with Crippen molar-refractivity contribution in [3.8, 4) is 0 Å². The van der Waals surface area contributed by atoms with Crippen molar-refractivity contribution in [2.45, 2.75) is 0 Å². The zero-order valence-electron chi connectivity index (χ0n) is 8.35. The van der Waals surface area contributed by atoms with Crippen LogP contribution in [0.2, 0.25) is 0 Å². The Morgan fingerprint density at radius 3 is 2.59 bits per heavy atom. The minimum absolute atomic E-state index is 0.0359. The molecule has 2 rings (SSSR count). The van der Waals surface area contributed by atoms with Crippen LogP contribution in [0.4, 0.5) is 5.69 Å². The lowest BCUT2D eigenvalue weighted by Crippen LogP contribution is -1.88. The third-order valence-corrected chi connectivity index (χ3v) is 1.63. The zero-order chi connectivity index (χ0) is 13.1. The van der Waals surface area contributed by atoms with E-state index >= 15 is 0 Å². The van der Waals surface area contributed by atoms with Crippen molar-refractivity contribution in [1.82, 2.24) is 9.97 Å². The molecular formula is C7H9N4O5P. The maximum Gasteiger partial charge on any atom is 0.397 e. The van der Waals surface area contributed by atoms with Gasteiger partial charge in [0.25, 0.3) is 5.69 Å². The van der Waals surface area contributed by atoms with E-state index in [1.54, 1.807) is 12.1 Å². The van der Waals surface area contributed by atoms with Crippen LogP contribution < -0.4 is 5.50 Å². The lowest BCUT2D eigenvalue weighted by molar-refractivity contribution is -0.383. The van der Waals surface area contributed by atoms with Gasteiger partial charge in [-0.1, -0.05) is 6.07 Å². The number of nitro benzene ring substituents is 1. The molecule has 5 N–H and O–H groups in total. The Kier molecular flexibility index (Phi) is 3.92. The Morgan fingerprint density at radius 2 is 2.06 bits per heavy atom. The van der Waals surface area contributed by atoms with Crippen LogP contribution in [0.15, 0.2) is 24.5 Å². The van der Waals surface area contributed by atoms with E-state index in [0.29, 0.717) is 11.0 Å². The molecule has 1 heterocycles. The van der Waals surface area contributed by atoms with Crippen LogP contribution in [0.5, 0.6) is 0 Å². The van der Waals surface area contributed by atoms with E-state index in [9.17, 15) is 10.1 Å². The van der Waals surface area contributed by atoms with Crippen LogP contribution in [-0.2, 0) is 4.57 Å². The number of nitro groups is 1. The van der Waals surface area contributed by atoms with Crippen LogP contribution >= 0.6 is 7.75 Å². The number of rotatable bonds is 1. The highest BCUT2D eigenvalue weighted by Crippen LogP contribution is 2.21. The minimum atomic E-state index is -4.14. The Balaban J connectivity index is 0.000000249. The van der Waals surface area contributed by atoms with Crippen molar-refractivity contribution in [3.05, 3.63) is 34.6 Å². The van der Waals surface area contributed by atoms with E-state index in [-0.39, 0.29) is 5.69 Å². The summed E-state index contributed by atoms with van der Waals surface area (Å²) in [6.07, 6.45) is 1.44. The van der Waals surface area contributed by atoms with Gasteiger partial charge < -0.3 is 14.8 Å². The molecule has 2 aromatic rings. The summed E-state index contributed by atoms with van der Waals surface area (Å²) >= 11 is 0. The molecule has 0 aliphatic heterocycles. The van der Waals surface area contributed by atoms with Gasteiger partial charge in [-0.15, -0.1) is 0 Å². The third kappa shape index (κ3) is 4.29. The molecule has 1 aromatic carbocycles. The number of imidazole rings is 1. The van der Waals surface area contributed by atoms with E-state index in [1.165, 1.54) is 12.4 Å². The van der Waals surface area contributed by atoms with Crippen molar-refractivity contribution < 1.29 is 19.3 Å². The van der Waals surface area contributed by atoms with Crippen LogP contribution in [-0.4, -0.2) is 24.7 Å². The molecule has 0 spiro atoms. The van der Waals surface area contributed by atoms with Crippen LogP contribution in [0, 0.1) is 10.1 Å². The first-order valence-electron chi connectivity index (χ1n) is 4.19. The monoisotopic (exact) mass is 260 g/mol. The summed E-state index contributed by atoms with van der Waals surface area (Å²) in [5.41, 5.74) is 5.15. The number of nitrogens with two attached hydrogens (primary N) is 1. The SMILES string of the molecule is NP(=O)(O)O.O=[N+]([O-])c1cccc2[nH]cnc12. The largest absolute Gasteiger partial charge is 0.397 e. The highest BCUT2D eigenvalue weighted by Gasteiger charge is 2.11. The lowest BCUT2D eigenvalue weighted by Gasteiger charge is -1.90. The fourth-order valence-corrected chi connectivity index (χ4v) is 1.10. The predicted molar refractivity (Wildman–Crippen MR) is 59.0 cm³/mol. The van der Waals surface area contributed by atoms with Gasteiger partial charge in [0.15, 0.2) is 5.52 Å². The van der Waals surface area contributed by atoms with E-state index in [0.717, 1.165) is 0 Å². The molecule has 9 nitrogen and oxygen atoms in total. The summed E-state index contributed by atoms with van der Waals surface area (Å²) in [5.74, 6) is 0. The number of para-hydroxylation sites is 1. The number of nitrogens with zero attached hydrogens (tertiary/aromatic N) is 2. The molecule has 0 unspecified atom stereocenters. The number of aromatic nitrogens is 2. The number of H-pyrrole nitrogens is 1. The number of aromatic amines is 1. The van der Waals surface area contributed by atoms with Gasteiger partial charge in [-0.25, -0.2) is 15.1 Å². The number of non-ortho nitro benzene ring substituents is 1. The maximum atomic E-state index is 10.5.